The van der Waals surface area contributed by atoms with Crippen LogP contribution in [0.4, 0.5) is 13.2 Å². The fraction of sp³-hybridized carbons (Fsp3) is 0.643. The van der Waals surface area contributed by atoms with E-state index in [9.17, 15) is 13.2 Å². The van der Waals surface area contributed by atoms with Crippen molar-refractivity contribution in [2.24, 2.45) is 5.73 Å². The average molecular weight is 288 g/mol. The van der Waals surface area contributed by atoms with Crippen LogP contribution in [0, 0.1) is 0 Å². The van der Waals surface area contributed by atoms with Gasteiger partial charge in [0, 0.05) is 6.20 Å². The summed E-state index contributed by atoms with van der Waals surface area (Å²) in [7, 11) is 0. The molecule has 1 aromatic heterocycles. The second kappa shape index (κ2) is 5.99. The van der Waals surface area contributed by atoms with Gasteiger partial charge in [0.15, 0.2) is 0 Å². The van der Waals surface area contributed by atoms with Crippen molar-refractivity contribution in [1.82, 2.24) is 4.98 Å². The molecule has 1 heterocycles. The maximum absolute atomic E-state index is 12.8. The van der Waals surface area contributed by atoms with Gasteiger partial charge in [-0.05, 0) is 25.0 Å². The fourth-order valence-electron chi connectivity index (χ4n) is 2.51. The van der Waals surface area contributed by atoms with Crippen LogP contribution in [0.3, 0.4) is 0 Å². The first kappa shape index (κ1) is 15.1. The third kappa shape index (κ3) is 3.85. The van der Waals surface area contributed by atoms with E-state index in [4.69, 9.17) is 10.5 Å². The highest BCUT2D eigenvalue weighted by Crippen LogP contribution is 2.35. The van der Waals surface area contributed by atoms with E-state index in [2.05, 4.69) is 4.98 Å². The summed E-state index contributed by atoms with van der Waals surface area (Å²) < 4.78 is 43.8. The monoisotopic (exact) mass is 288 g/mol. The van der Waals surface area contributed by atoms with E-state index < -0.39 is 17.3 Å². The van der Waals surface area contributed by atoms with Crippen molar-refractivity contribution in [3.63, 3.8) is 0 Å². The standard InChI is InChI=1S/C14H19F3N2O/c15-14(16,17)11-6-5-9-19-12(11)20-10-13(18)7-3-1-2-4-8-13/h5-6,9H,1-4,7-8,10,18H2. The summed E-state index contributed by atoms with van der Waals surface area (Å²) >= 11 is 0. The normalized spacial score (nSPS) is 19.4. The molecule has 0 unspecified atom stereocenters. The van der Waals surface area contributed by atoms with Crippen LogP contribution in [0.5, 0.6) is 5.88 Å². The Morgan fingerprint density at radius 2 is 1.85 bits per heavy atom. The van der Waals surface area contributed by atoms with Crippen molar-refractivity contribution in [1.29, 1.82) is 0 Å². The molecule has 1 saturated carbocycles. The number of ether oxygens (including phenoxy) is 1. The summed E-state index contributed by atoms with van der Waals surface area (Å²) in [5.41, 5.74) is 4.84. The summed E-state index contributed by atoms with van der Waals surface area (Å²) in [6.45, 7) is 0.0765. The van der Waals surface area contributed by atoms with Gasteiger partial charge in [0.1, 0.15) is 12.2 Å². The van der Waals surface area contributed by atoms with E-state index >= 15 is 0 Å². The number of rotatable bonds is 3. The van der Waals surface area contributed by atoms with Gasteiger partial charge in [0.25, 0.3) is 0 Å². The van der Waals surface area contributed by atoms with Gasteiger partial charge >= 0.3 is 6.18 Å². The molecule has 0 radical (unpaired) electrons. The summed E-state index contributed by atoms with van der Waals surface area (Å²) in [6.07, 6.45) is 2.62. The molecule has 2 N–H and O–H groups in total. The Bertz CT molecular complexity index is 440. The lowest BCUT2D eigenvalue weighted by Gasteiger charge is -2.28. The molecule has 0 spiro atoms. The van der Waals surface area contributed by atoms with Crippen LogP contribution < -0.4 is 10.5 Å². The number of hydrogen-bond acceptors (Lipinski definition) is 3. The van der Waals surface area contributed by atoms with Gasteiger partial charge in [-0.15, -0.1) is 0 Å². The lowest BCUT2D eigenvalue weighted by molar-refractivity contribution is -0.139. The van der Waals surface area contributed by atoms with E-state index in [1.807, 2.05) is 0 Å². The SMILES string of the molecule is NC1(COc2ncccc2C(F)(F)F)CCCCCC1. The lowest BCUT2D eigenvalue weighted by atomic mass is 9.93. The molecule has 3 nitrogen and oxygen atoms in total. The molecule has 1 fully saturated rings. The highest BCUT2D eigenvalue weighted by atomic mass is 19.4. The highest BCUT2D eigenvalue weighted by molar-refractivity contribution is 5.28. The third-order valence-electron chi connectivity index (χ3n) is 3.67. The van der Waals surface area contributed by atoms with E-state index in [1.54, 1.807) is 0 Å². The second-order valence-electron chi connectivity index (χ2n) is 5.42. The molecule has 112 valence electrons. The number of halogens is 3. The molecule has 0 atom stereocenters. The van der Waals surface area contributed by atoms with Gasteiger partial charge in [0.2, 0.25) is 5.88 Å². The number of nitrogens with two attached hydrogens (primary N) is 1. The zero-order valence-electron chi connectivity index (χ0n) is 11.2. The number of alkyl halides is 3. The third-order valence-corrected chi connectivity index (χ3v) is 3.67. The Morgan fingerprint density at radius 3 is 2.45 bits per heavy atom. The number of pyridine rings is 1. The zero-order chi connectivity index (χ0) is 14.6. The molecule has 0 saturated heterocycles. The molecule has 0 aliphatic heterocycles. The largest absolute Gasteiger partial charge is 0.475 e. The Balaban J connectivity index is 2.07. The first-order valence-corrected chi connectivity index (χ1v) is 6.85. The van der Waals surface area contributed by atoms with Crippen LogP contribution in [-0.4, -0.2) is 17.1 Å². The van der Waals surface area contributed by atoms with Gasteiger partial charge in [0.05, 0.1) is 5.54 Å². The summed E-state index contributed by atoms with van der Waals surface area (Å²) in [5, 5.41) is 0. The molecular formula is C14H19F3N2O. The van der Waals surface area contributed by atoms with Crippen LogP contribution in [-0.2, 0) is 6.18 Å². The maximum Gasteiger partial charge on any atom is 0.421 e. The lowest BCUT2D eigenvalue weighted by Crippen LogP contribution is -2.45. The van der Waals surface area contributed by atoms with Crippen molar-refractivity contribution in [3.8, 4) is 5.88 Å². The molecule has 0 aromatic carbocycles. The van der Waals surface area contributed by atoms with Crippen molar-refractivity contribution < 1.29 is 17.9 Å². The van der Waals surface area contributed by atoms with Crippen molar-refractivity contribution in [2.45, 2.75) is 50.2 Å². The van der Waals surface area contributed by atoms with Crippen LogP contribution in [0.1, 0.15) is 44.1 Å². The van der Waals surface area contributed by atoms with Crippen LogP contribution >= 0.6 is 0 Å². The topological polar surface area (TPSA) is 48.1 Å². The van der Waals surface area contributed by atoms with Gasteiger partial charge < -0.3 is 10.5 Å². The first-order chi connectivity index (χ1) is 9.41. The Kier molecular flexibility index (Phi) is 4.52. The first-order valence-electron chi connectivity index (χ1n) is 6.85. The molecule has 0 bridgehead atoms. The quantitative estimate of drug-likeness (QED) is 0.866. The van der Waals surface area contributed by atoms with E-state index in [0.29, 0.717) is 0 Å². The minimum atomic E-state index is -4.46. The minimum Gasteiger partial charge on any atom is -0.475 e. The van der Waals surface area contributed by atoms with Crippen molar-refractivity contribution in [3.05, 3.63) is 23.9 Å². The minimum absolute atomic E-state index is 0.0765. The molecule has 1 aliphatic rings. The van der Waals surface area contributed by atoms with E-state index in [0.717, 1.165) is 44.6 Å². The van der Waals surface area contributed by atoms with Crippen molar-refractivity contribution >= 4 is 0 Å². The Labute approximate surface area is 116 Å². The molecule has 1 aromatic rings. The van der Waals surface area contributed by atoms with Gasteiger partial charge in [-0.25, -0.2) is 4.98 Å². The smallest absolute Gasteiger partial charge is 0.421 e. The summed E-state index contributed by atoms with van der Waals surface area (Å²) in [4.78, 5) is 3.69. The van der Waals surface area contributed by atoms with Crippen LogP contribution in [0.15, 0.2) is 18.3 Å². The summed E-state index contributed by atoms with van der Waals surface area (Å²) in [5.74, 6) is -0.380. The Morgan fingerprint density at radius 1 is 1.20 bits per heavy atom. The maximum atomic E-state index is 12.8. The average Bonchev–Trinajstić information content (AvgIpc) is 2.61. The van der Waals surface area contributed by atoms with E-state index in [1.165, 1.54) is 12.3 Å². The predicted molar refractivity (Wildman–Crippen MR) is 69.4 cm³/mol. The molecule has 20 heavy (non-hydrogen) atoms. The molecule has 2 rings (SSSR count). The zero-order valence-corrected chi connectivity index (χ0v) is 11.2. The second-order valence-corrected chi connectivity index (χ2v) is 5.42. The predicted octanol–water partition coefficient (Wildman–Crippen LogP) is 3.53. The van der Waals surface area contributed by atoms with Gasteiger partial charge in [-0.3, -0.25) is 0 Å². The number of hydrogen-bond donors (Lipinski definition) is 1. The highest BCUT2D eigenvalue weighted by Gasteiger charge is 2.36. The van der Waals surface area contributed by atoms with Gasteiger partial charge in [-0.2, -0.15) is 13.2 Å². The molecule has 1 aliphatic carbocycles. The van der Waals surface area contributed by atoms with Gasteiger partial charge in [-0.1, -0.05) is 25.7 Å². The number of nitrogens with zero attached hydrogens (tertiary/aromatic N) is 1. The molecule has 0 amide bonds. The molecular weight excluding hydrogens is 269 g/mol. The van der Waals surface area contributed by atoms with Crippen LogP contribution in [0.25, 0.3) is 0 Å². The van der Waals surface area contributed by atoms with Crippen molar-refractivity contribution in [2.75, 3.05) is 6.61 Å². The Hall–Kier alpha value is -1.30. The molecule has 6 heteroatoms. The fourth-order valence-corrected chi connectivity index (χ4v) is 2.51. The number of aromatic nitrogens is 1. The van der Waals surface area contributed by atoms with Crippen LogP contribution in [0.2, 0.25) is 0 Å². The van der Waals surface area contributed by atoms with E-state index in [-0.39, 0.29) is 12.5 Å². The summed E-state index contributed by atoms with van der Waals surface area (Å²) in [6, 6.07) is 2.22.